The van der Waals surface area contributed by atoms with E-state index in [4.69, 9.17) is 5.73 Å². The molecule has 0 amide bonds. The molecule has 3 rings (SSSR count). The minimum absolute atomic E-state index is 0.0677. The Kier molecular flexibility index (Phi) is 2.76. The van der Waals surface area contributed by atoms with Gasteiger partial charge in [-0.2, -0.15) is 18.3 Å². The van der Waals surface area contributed by atoms with Gasteiger partial charge >= 0.3 is 6.18 Å². The lowest BCUT2D eigenvalue weighted by Crippen LogP contribution is -2.05. The Labute approximate surface area is 118 Å². The van der Waals surface area contributed by atoms with Crippen LogP contribution in [0.1, 0.15) is 11.3 Å². The molecule has 21 heavy (non-hydrogen) atoms. The first kappa shape index (κ1) is 13.5. The zero-order valence-electron chi connectivity index (χ0n) is 11.4. The van der Waals surface area contributed by atoms with Crippen molar-refractivity contribution < 1.29 is 13.2 Å². The number of alkyl halides is 3. The second-order valence-corrected chi connectivity index (χ2v) is 4.92. The van der Waals surface area contributed by atoms with Gasteiger partial charge in [0.25, 0.3) is 0 Å². The minimum atomic E-state index is -4.41. The number of nitrogen functional groups attached to an aromatic ring is 1. The van der Waals surface area contributed by atoms with E-state index < -0.39 is 11.7 Å². The SMILES string of the molecule is Cc1[nH]c2c(C(F)(F)F)cccc2c1-c1c(N)cnn1C. The maximum Gasteiger partial charge on any atom is 0.418 e. The van der Waals surface area contributed by atoms with Gasteiger partial charge in [0.2, 0.25) is 0 Å². The molecule has 0 radical (unpaired) electrons. The second kappa shape index (κ2) is 4.28. The molecular weight excluding hydrogens is 281 g/mol. The number of hydrogen-bond acceptors (Lipinski definition) is 2. The number of fused-ring (bicyclic) bond motifs is 1. The van der Waals surface area contributed by atoms with Crippen LogP contribution in [0.15, 0.2) is 24.4 Å². The standard InChI is InChI=1S/C14H13F3N4/c1-7-11(13-10(18)6-19-21(13)2)8-4-3-5-9(12(8)20-7)14(15,16)17/h3-6,20H,18H2,1-2H3. The van der Waals surface area contributed by atoms with Crippen molar-refractivity contribution in [2.24, 2.45) is 7.05 Å². The highest BCUT2D eigenvalue weighted by Gasteiger charge is 2.34. The van der Waals surface area contributed by atoms with Gasteiger partial charge in [0.1, 0.15) is 0 Å². The van der Waals surface area contributed by atoms with Gasteiger partial charge in [0.05, 0.1) is 28.7 Å². The van der Waals surface area contributed by atoms with Crippen molar-refractivity contribution in [2.75, 3.05) is 5.73 Å². The molecule has 0 atom stereocenters. The number of aryl methyl sites for hydroxylation is 2. The van der Waals surface area contributed by atoms with Crippen molar-refractivity contribution in [3.63, 3.8) is 0 Å². The first-order valence-corrected chi connectivity index (χ1v) is 6.27. The predicted octanol–water partition coefficient (Wildman–Crippen LogP) is 3.48. The first-order chi connectivity index (χ1) is 9.80. The number of rotatable bonds is 1. The third-order valence-electron chi connectivity index (χ3n) is 3.53. The Hall–Kier alpha value is -2.44. The summed E-state index contributed by atoms with van der Waals surface area (Å²) < 4.78 is 40.9. The molecule has 0 fully saturated rings. The average molecular weight is 294 g/mol. The quantitative estimate of drug-likeness (QED) is 0.722. The number of aromatic amines is 1. The maximum atomic E-state index is 13.1. The van der Waals surface area contributed by atoms with Gasteiger partial charge in [-0.15, -0.1) is 0 Å². The molecule has 3 aromatic rings. The Morgan fingerprint density at radius 3 is 2.57 bits per heavy atom. The topological polar surface area (TPSA) is 59.6 Å². The lowest BCUT2D eigenvalue weighted by molar-refractivity contribution is -0.136. The van der Waals surface area contributed by atoms with E-state index in [-0.39, 0.29) is 5.52 Å². The highest BCUT2D eigenvalue weighted by Crippen LogP contribution is 2.40. The lowest BCUT2D eigenvalue weighted by atomic mass is 10.0. The molecule has 0 bridgehead atoms. The molecule has 2 aromatic heterocycles. The fourth-order valence-corrected chi connectivity index (χ4v) is 2.65. The minimum Gasteiger partial charge on any atom is -0.396 e. The van der Waals surface area contributed by atoms with Gasteiger partial charge in [-0.3, -0.25) is 4.68 Å². The highest BCUT2D eigenvalue weighted by molar-refractivity contribution is 6.00. The van der Waals surface area contributed by atoms with E-state index in [1.54, 1.807) is 24.7 Å². The van der Waals surface area contributed by atoms with Crippen LogP contribution in [0.4, 0.5) is 18.9 Å². The number of halogens is 3. The Morgan fingerprint density at radius 2 is 2.00 bits per heavy atom. The van der Waals surface area contributed by atoms with E-state index in [0.717, 1.165) is 6.07 Å². The number of benzene rings is 1. The van der Waals surface area contributed by atoms with E-state index >= 15 is 0 Å². The first-order valence-electron chi connectivity index (χ1n) is 6.27. The molecule has 7 heteroatoms. The molecule has 0 saturated carbocycles. The van der Waals surface area contributed by atoms with Gasteiger partial charge in [0.15, 0.2) is 0 Å². The van der Waals surface area contributed by atoms with Crippen LogP contribution in [-0.4, -0.2) is 14.8 Å². The van der Waals surface area contributed by atoms with Crippen LogP contribution >= 0.6 is 0 Å². The van der Waals surface area contributed by atoms with E-state index in [0.29, 0.717) is 28.0 Å². The molecule has 4 nitrogen and oxygen atoms in total. The van der Waals surface area contributed by atoms with Gasteiger partial charge in [-0.1, -0.05) is 12.1 Å². The van der Waals surface area contributed by atoms with Crippen molar-refractivity contribution in [1.29, 1.82) is 0 Å². The maximum absolute atomic E-state index is 13.1. The molecule has 2 heterocycles. The van der Waals surface area contributed by atoms with E-state index in [2.05, 4.69) is 10.1 Å². The molecule has 0 aliphatic heterocycles. The largest absolute Gasteiger partial charge is 0.418 e. The van der Waals surface area contributed by atoms with Crippen LogP contribution in [0.2, 0.25) is 0 Å². The molecule has 1 aromatic carbocycles. The molecule has 0 saturated heterocycles. The van der Waals surface area contributed by atoms with Crippen LogP contribution in [-0.2, 0) is 13.2 Å². The normalized spacial score (nSPS) is 12.2. The number of hydrogen-bond donors (Lipinski definition) is 2. The smallest absolute Gasteiger partial charge is 0.396 e. The number of H-pyrrole nitrogens is 1. The Bertz CT molecular complexity index is 807. The number of aromatic nitrogens is 3. The zero-order chi connectivity index (χ0) is 15.4. The predicted molar refractivity (Wildman–Crippen MR) is 74.7 cm³/mol. The molecule has 0 aliphatic carbocycles. The zero-order valence-corrected chi connectivity index (χ0v) is 11.4. The lowest BCUT2D eigenvalue weighted by Gasteiger charge is -2.08. The highest BCUT2D eigenvalue weighted by atomic mass is 19.4. The molecular formula is C14H13F3N4. The van der Waals surface area contributed by atoms with Crippen LogP contribution in [0.3, 0.4) is 0 Å². The number of nitrogens with one attached hydrogen (secondary N) is 1. The summed E-state index contributed by atoms with van der Waals surface area (Å²) in [6.45, 7) is 1.72. The summed E-state index contributed by atoms with van der Waals surface area (Å²) in [5, 5.41) is 4.53. The van der Waals surface area contributed by atoms with Gasteiger partial charge in [0, 0.05) is 23.7 Å². The van der Waals surface area contributed by atoms with Crippen molar-refractivity contribution in [3.8, 4) is 11.3 Å². The molecule has 0 aliphatic rings. The fourth-order valence-electron chi connectivity index (χ4n) is 2.65. The van der Waals surface area contributed by atoms with Gasteiger partial charge < -0.3 is 10.7 Å². The summed E-state index contributed by atoms with van der Waals surface area (Å²) in [7, 11) is 1.71. The van der Waals surface area contributed by atoms with Gasteiger partial charge in [-0.05, 0) is 13.0 Å². The van der Waals surface area contributed by atoms with Gasteiger partial charge in [-0.25, -0.2) is 0 Å². The summed E-state index contributed by atoms with van der Waals surface area (Å²) in [4.78, 5) is 2.83. The van der Waals surface area contributed by atoms with Crippen molar-refractivity contribution >= 4 is 16.6 Å². The van der Waals surface area contributed by atoms with E-state index in [1.165, 1.54) is 12.3 Å². The van der Waals surface area contributed by atoms with Crippen molar-refractivity contribution in [2.45, 2.75) is 13.1 Å². The van der Waals surface area contributed by atoms with Crippen LogP contribution in [0, 0.1) is 6.92 Å². The van der Waals surface area contributed by atoms with E-state index in [9.17, 15) is 13.2 Å². The monoisotopic (exact) mass is 294 g/mol. The third-order valence-corrected chi connectivity index (χ3v) is 3.53. The summed E-state index contributed by atoms with van der Waals surface area (Å²) >= 11 is 0. The van der Waals surface area contributed by atoms with Crippen LogP contribution in [0.5, 0.6) is 0 Å². The number of nitrogens with zero attached hydrogens (tertiary/aromatic N) is 2. The van der Waals surface area contributed by atoms with Crippen molar-refractivity contribution in [3.05, 3.63) is 35.7 Å². The molecule has 110 valence electrons. The average Bonchev–Trinajstić information content (AvgIpc) is 2.87. The Morgan fingerprint density at radius 1 is 1.29 bits per heavy atom. The number of para-hydroxylation sites is 1. The summed E-state index contributed by atoms with van der Waals surface area (Å²) in [6, 6.07) is 4.11. The Balaban J connectivity index is 2.39. The fraction of sp³-hybridized carbons (Fsp3) is 0.214. The summed E-state index contributed by atoms with van der Waals surface area (Å²) in [5.74, 6) is 0. The summed E-state index contributed by atoms with van der Waals surface area (Å²) in [6.07, 6.45) is -2.92. The number of nitrogens with two attached hydrogens (primary N) is 1. The molecule has 3 N–H and O–H groups in total. The van der Waals surface area contributed by atoms with Crippen LogP contribution < -0.4 is 5.73 Å². The molecule has 0 spiro atoms. The third kappa shape index (κ3) is 1.96. The van der Waals surface area contributed by atoms with Crippen molar-refractivity contribution in [1.82, 2.24) is 14.8 Å². The summed E-state index contributed by atoms with van der Waals surface area (Å²) in [5.41, 5.74) is 7.59. The number of anilines is 1. The van der Waals surface area contributed by atoms with Crippen LogP contribution in [0.25, 0.3) is 22.2 Å². The molecule has 0 unspecified atom stereocenters. The van der Waals surface area contributed by atoms with E-state index in [1.807, 2.05) is 0 Å². The second-order valence-electron chi connectivity index (χ2n) is 4.92.